The zero-order valence-corrected chi connectivity index (χ0v) is 21.6. The van der Waals surface area contributed by atoms with Gasteiger partial charge in [0.15, 0.2) is 14.1 Å². The number of hydrogen-bond donors (Lipinski definition) is 0. The van der Waals surface area contributed by atoms with Crippen molar-refractivity contribution < 1.29 is 23.4 Å². The molecule has 3 saturated heterocycles. The lowest BCUT2D eigenvalue weighted by atomic mass is 9.76. The summed E-state index contributed by atoms with van der Waals surface area (Å²) in [7, 11) is -1.76. The molecule has 4 aliphatic rings. The fourth-order valence-electron chi connectivity index (χ4n) is 5.70. The Bertz CT molecular complexity index is 644. The molecule has 1 spiro atoms. The van der Waals surface area contributed by atoms with Crippen molar-refractivity contribution in [1.29, 1.82) is 0 Å². The maximum atomic E-state index is 6.86. The van der Waals surface area contributed by atoms with E-state index < -0.39 is 14.1 Å². The van der Waals surface area contributed by atoms with E-state index in [0.717, 1.165) is 32.1 Å². The second-order valence-electron chi connectivity index (χ2n) is 12.4. The van der Waals surface area contributed by atoms with Crippen molar-refractivity contribution in [1.82, 2.24) is 0 Å². The molecule has 174 valence electrons. The molecule has 0 N–H and O–H groups in total. The number of ether oxygens (including phenoxy) is 4. The third-order valence-electron chi connectivity index (χ3n) is 8.48. The monoisotopic (exact) mass is 440 g/mol. The van der Waals surface area contributed by atoms with Crippen LogP contribution >= 0.6 is 0 Å². The highest BCUT2D eigenvalue weighted by atomic mass is 28.4. The summed E-state index contributed by atoms with van der Waals surface area (Å²) in [5.74, 6) is -0.0504. The van der Waals surface area contributed by atoms with E-state index in [0.29, 0.717) is 5.92 Å². The summed E-state index contributed by atoms with van der Waals surface area (Å²) in [6, 6.07) is 0. The van der Waals surface area contributed by atoms with Crippen molar-refractivity contribution in [2.75, 3.05) is 0 Å². The minimum absolute atomic E-state index is 0.0511. The molecular weight excluding hydrogens is 396 g/mol. The topological polar surface area (TPSA) is 46.2 Å². The van der Waals surface area contributed by atoms with Gasteiger partial charge >= 0.3 is 0 Å². The maximum Gasteiger partial charge on any atom is 0.192 e. The highest BCUT2D eigenvalue weighted by molar-refractivity contribution is 6.74. The molecule has 0 aromatic heterocycles. The molecule has 5 nitrogen and oxygen atoms in total. The van der Waals surface area contributed by atoms with E-state index in [2.05, 4.69) is 47.7 Å². The Kier molecular flexibility index (Phi) is 5.82. The minimum Gasteiger partial charge on any atom is -0.414 e. The lowest BCUT2D eigenvalue weighted by Gasteiger charge is -2.45. The fourth-order valence-corrected chi connectivity index (χ4v) is 7.22. The van der Waals surface area contributed by atoms with E-state index >= 15 is 0 Å². The third-order valence-corrected chi connectivity index (χ3v) is 13.1. The zero-order chi connectivity index (χ0) is 22.1. The summed E-state index contributed by atoms with van der Waals surface area (Å²) in [6.07, 6.45) is 5.98. The predicted molar refractivity (Wildman–Crippen MR) is 120 cm³/mol. The van der Waals surface area contributed by atoms with Gasteiger partial charge in [0.2, 0.25) is 0 Å². The first-order chi connectivity index (χ1) is 13.7. The van der Waals surface area contributed by atoms with Gasteiger partial charge in [-0.05, 0) is 64.1 Å². The SMILES string of the molecule is C[C@H](CC1CC[C@@H]2O[C@@H]3C[C@]2(C[C@H]2OC(C)(C)OC32)O1)[C@H](C)O[Si](C)(C)C(C)(C)C. The van der Waals surface area contributed by atoms with Gasteiger partial charge in [0, 0.05) is 18.9 Å². The Morgan fingerprint density at radius 1 is 1.00 bits per heavy atom. The number of fused-ring (bicyclic) bond motifs is 3. The Morgan fingerprint density at radius 3 is 2.33 bits per heavy atom. The molecule has 0 radical (unpaired) electrons. The van der Waals surface area contributed by atoms with Crippen LogP contribution in [0.5, 0.6) is 0 Å². The number of hydrogen-bond acceptors (Lipinski definition) is 5. The molecule has 4 rings (SSSR count). The summed E-state index contributed by atoms with van der Waals surface area (Å²) in [4.78, 5) is 0. The third kappa shape index (κ3) is 4.17. The van der Waals surface area contributed by atoms with Crippen LogP contribution < -0.4 is 0 Å². The van der Waals surface area contributed by atoms with Crippen LogP contribution in [-0.2, 0) is 23.4 Å². The molecule has 2 unspecified atom stereocenters. The molecule has 0 aromatic carbocycles. The molecule has 3 heterocycles. The van der Waals surface area contributed by atoms with Gasteiger partial charge in [0.1, 0.15) is 6.10 Å². The summed E-state index contributed by atoms with van der Waals surface area (Å²) in [5, 5.41) is 0.237. The van der Waals surface area contributed by atoms with Crippen molar-refractivity contribution in [3.05, 3.63) is 0 Å². The number of rotatable bonds is 5. The Hall–Kier alpha value is 0.0169. The predicted octanol–water partition coefficient (Wildman–Crippen LogP) is 5.42. The van der Waals surface area contributed by atoms with E-state index in [-0.39, 0.29) is 47.3 Å². The van der Waals surface area contributed by atoms with Gasteiger partial charge in [-0.1, -0.05) is 27.7 Å². The summed E-state index contributed by atoms with van der Waals surface area (Å²) in [5.41, 5.74) is -0.193. The normalized spacial score (nSPS) is 42.5. The van der Waals surface area contributed by atoms with Gasteiger partial charge in [0.05, 0.1) is 30.0 Å². The summed E-state index contributed by atoms with van der Waals surface area (Å²) in [6.45, 7) is 20.2. The Labute approximate surface area is 184 Å². The van der Waals surface area contributed by atoms with E-state index in [4.69, 9.17) is 23.4 Å². The maximum absolute atomic E-state index is 6.86. The van der Waals surface area contributed by atoms with Crippen LogP contribution in [0.1, 0.15) is 80.6 Å². The minimum atomic E-state index is -1.76. The van der Waals surface area contributed by atoms with Gasteiger partial charge in [-0.3, -0.25) is 0 Å². The van der Waals surface area contributed by atoms with Gasteiger partial charge in [0.25, 0.3) is 0 Å². The highest BCUT2D eigenvalue weighted by Crippen LogP contribution is 2.54. The van der Waals surface area contributed by atoms with Crippen LogP contribution in [0.3, 0.4) is 0 Å². The summed E-state index contributed by atoms with van der Waals surface area (Å²) >= 11 is 0. The molecule has 4 fully saturated rings. The van der Waals surface area contributed by atoms with Gasteiger partial charge in [-0.2, -0.15) is 0 Å². The van der Waals surface area contributed by atoms with Crippen LogP contribution in [0.4, 0.5) is 0 Å². The first-order valence-corrected chi connectivity index (χ1v) is 15.0. The first kappa shape index (κ1) is 23.2. The van der Waals surface area contributed by atoms with Crippen molar-refractivity contribution in [2.45, 2.75) is 147 Å². The second-order valence-corrected chi connectivity index (χ2v) is 17.1. The van der Waals surface area contributed by atoms with Crippen molar-refractivity contribution in [2.24, 2.45) is 5.92 Å². The fraction of sp³-hybridized carbons (Fsp3) is 1.00. The largest absolute Gasteiger partial charge is 0.414 e. The zero-order valence-electron chi connectivity index (χ0n) is 20.6. The quantitative estimate of drug-likeness (QED) is 0.534. The molecule has 2 bridgehead atoms. The molecule has 30 heavy (non-hydrogen) atoms. The van der Waals surface area contributed by atoms with E-state index in [9.17, 15) is 0 Å². The van der Waals surface area contributed by atoms with Crippen LogP contribution in [-0.4, -0.2) is 56.3 Å². The molecule has 3 aliphatic heterocycles. The van der Waals surface area contributed by atoms with Gasteiger partial charge in [-0.25, -0.2) is 0 Å². The molecule has 1 aliphatic carbocycles. The standard InChI is InChI=1S/C24H44O5Si/c1-15(16(2)29-30(8,9)22(3,4)5)12-17-10-11-20-24(26-17)13-18(25-20)21-19(14-24)27-23(6,7)28-21/h15-21H,10-14H2,1-9H3/t15-,16+,17?,18-,19-,20+,21?,24-/m1/s1. The molecule has 8 atom stereocenters. The molecular formula is C24H44O5Si. The van der Waals surface area contributed by atoms with Crippen molar-refractivity contribution >= 4 is 8.32 Å². The molecule has 1 saturated carbocycles. The smallest absolute Gasteiger partial charge is 0.192 e. The van der Waals surface area contributed by atoms with Crippen LogP contribution in [0.2, 0.25) is 18.1 Å². The Morgan fingerprint density at radius 2 is 1.67 bits per heavy atom. The second kappa shape index (κ2) is 7.52. The van der Waals surface area contributed by atoms with Crippen LogP contribution in [0.25, 0.3) is 0 Å². The van der Waals surface area contributed by atoms with Crippen LogP contribution in [0.15, 0.2) is 0 Å². The first-order valence-electron chi connectivity index (χ1n) is 12.1. The summed E-state index contributed by atoms with van der Waals surface area (Å²) < 4.78 is 32.4. The van der Waals surface area contributed by atoms with Gasteiger partial charge < -0.3 is 23.4 Å². The van der Waals surface area contributed by atoms with E-state index in [1.807, 2.05) is 13.8 Å². The van der Waals surface area contributed by atoms with E-state index in [1.165, 1.54) is 0 Å². The Balaban J connectivity index is 1.38. The van der Waals surface area contributed by atoms with Crippen LogP contribution in [0, 0.1) is 5.92 Å². The van der Waals surface area contributed by atoms with Crippen molar-refractivity contribution in [3.63, 3.8) is 0 Å². The lowest BCUT2D eigenvalue weighted by molar-refractivity contribution is -0.195. The molecule has 0 amide bonds. The average molecular weight is 441 g/mol. The molecule has 0 aromatic rings. The van der Waals surface area contributed by atoms with Gasteiger partial charge in [-0.15, -0.1) is 0 Å². The van der Waals surface area contributed by atoms with E-state index in [1.54, 1.807) is 0 Å². The lowest BCUT2D eigenvalue weighted by Crippen LogP contribution is -2.54. The van der Waals surface area contributed by atoms with Crippen molar-refractivity contribution in [3.8, 4) is 0 Å². The highest BCUT2D eigenvalue weighted by Gasteiger charge is 2.64. The average Bonchev–Trinajstić information content (AvgIpc) is 3.07. The molecule has 6 heteroatoms.